The number of para-hydroxylation sites is 1. The largest absolute Gasteiger partial charge is 0.495 e. The van der Waals surface area contributed by atoms with Crippen LogP contribution in [0.2, 0.25) is 0 Å². The molecule has 1 aromatic rings. The Morgan fingerprint density at radius 2 is 1.95 bits per heavy atom. The fourth-order valence-corrected chi connectivity index (χ4v) is 2.86. The minimum Gasteiger partial charge on any atom is -0.495 e. The molecule has 108 valence electrons. The molecule has 0 spiro atoms. The van der Waals surface area contributed by atoms with Gasteiger partial charge in [-0.15, -0.1) is 0 Å². The molecular weight excluding hydrogens is 270 g/mol. The molecule has 0 aliphatic carbocycles. The van der Waals surface area contributed by atoms with Crippen LogP contribution in [0.25, 0.3) is 0 Å². The Kier molecular flexibility index (Phi) is 5.30. The molecule has 0 bridgehead atoms. The van der Waals surface area contributed by atoms with Crippen molar-refractivity contribution in [3.05, 3.63) is 24.3 Å². The van der Waals surface area contributed by atoms with Crippen molar-refractivity contribution in [1.29, 1.82) is 0 Å². The van der Waals surface area contributed by atoms with Crippen LogP contribution >= 0.6 is 0 Å². The Bertz CT molecular complexity index is 513. The van der Waals surface area contributed by atoms with E-state index in [9.17, 15) is 13.5 Å². The molecule has 7 heteroatoms. The third kappa shape index (κ3) is 4.46. The van der Waals surface area contributed by atoms with Gasteiger partial charge in [0.1, 0.15) is 10.6 Å². The summed E-state index contributed by atoms with van der Waals surface area (Å²) in [5, 5.41) is 9.87. The number of sulfonamides is 1. The topological polar surface area (TPSA) is 84.9 Å². The lowest BCUT2D eigenvalue weighted by molar-refractivity contribution is -0.0119. The highest BCUT2D eigenvalue weighted by Crippen LogP contribution is 2.22. The zero-order valence-corrected chi connectivity index (χ0v) is 12.0. The first kappa shape index (κ1) is 15.9. The predicted molar refractivity (Wildman–Crippen MR) is 70.7 cm³/mol. The van der Waals surface area contributed by atoms with Gasteiger partial charge in [0, 0.05) is 13.7 Å². The smallest absolute Gasteiger partial charge is 0.244 e. The van der Waals surface area contributed by atoms with Gasteiger partial charge in [-0.05, 0) is 19.1 Å². The third-order valence-electron chi connectivity index (χ3n) is 2.46. The number of hydrogen-bond donors (Lipinski definition) is 2. The van der Waals surface area contributed by atoms with Crippen molar-refractivity contribution in [2.24, 2.45) is 0 Å². The second kappa shape index (κ2) is 6.33. The molecule has 19 heavy (non-hydrogen) atoms. The van der Waals surface area contributed by atoms with E-state index in [0.717, 1.165) is 0 Å². The quantitative estimate of drug-likeness (QED) is 0.757. The molecule has 0 radical (unpaired) electrons. The van der Waals surface area contributed by atoms with Crippen LogP contribution in [0.5, 0.6) is 5.75 Å². The molecule has 2 N–H and O–H groups in total. The zero-order chi connectivity index (χ0) is 14.5. The van der Waals surface area contributed by atoms with E-state index in [-0.39, 0.29) is 23.8 Å². The van der Waals surface area contributed by atoms with Crippen LogP contribution in [0.15, 0.2) is 29.2 Å². The number of methoxy groups -OCH3 is 2. The van der Waals surface area contributed by atoms with Crippen LogP contribution in [0.4, 0.5) is 0 Å². The summed E-state index contributed by atoms with van der Waals surface area (Å²) in [6.45, 7) is 1.36. The van der Waals surface area contributed by atoms with Crippen molar-refractivity contribution < 1.29 is 23.0 Å². The van der Waals surface area contributed by atoms with E-state index in [2.05, 4.69) is 4.72 Å². The highest BCUT2D eigenvalue weighted by molar-refractivity contribution is 7.89. The van der Waals surface area contributed by atoms with Crippen LogP contribution in [0, 0.1) is 0 Å². The van der Waals surface area contributed by atoms with Crippen molar-refractivity contribution >= 4 is 10.0 Å². The fourth-order valence-electron chi connectivity index (χ4n) is 1.53. The van der Waals surface area contributed by atoms with Gasteiger partial charge in [-0.3, -0.25) is 0 Å². The van der Waals surface area contributed by atoms with Gasteiger partial charge in [0.25, 0.3) is 0 Å². The summed E-state index contributed by atoms with van der Waals surface area (Å²) < 4.78 is 36.4. The summed E-state index contributed by atoms with van der Waals surface area (Å²) in [4.78, 5) is 0.0331. The van der Waals surface area contributed by atoms with Crippen molar-refractivity contribution in [2.45, 2.75) is 17.4 Å². The van der Waals surface area contributed by atoms with Crippen LogP contribution in [-0.4, -0.2) is 46.5 Å². The molecule has 0 aliphatic heterocycles. The molecule has 1 aromatic carbocycles. The van der Waals surface area contributed by atoms with Crippen LogP contribution in [0.1, 0.15) is 6.92 Å². The van der Waals surface area contributed by atoms with Gasteiger partial charge in [0.15, 0.2) is 0 Å². The van der Waals surface area contributed by atoms with Gasteiger partial charge in [-0.2, -0.15) is 0 Å². The summed E-state index contributed by atoms with van der Waals surface area (Å²) in [5.41, 5.74) is -1.27. The molecule has 0 aromatic heterocycles. The molecule has 0 aliphatic rings. The van der Waals surface area contributed by atoms with Crippen LogP contribution < -0.4 is 9.46 Å². The van der Waals surface area contributed by atoms with Gasteiger partial charge in [0.05, 0.1) is 19.3 Å². The van der Waals surface area contributed by atoms with E-state index >= 15 is 0 Å². The number of hydrogen-bond acceptors (Lipinski definition) is 5. The molecule has 0 fully saturated rings. The number of ether oxygens (including phenoxy) is 2. The molecule has 6 nitrogen and oxygen atoms in total. The normalized spacial score (nSPS) is 14.9. The van der Waals surface area contributed by atoms with Crippen LogP contribution in [0.3, 0.4) is 0 Å². The first-order chi connectivity index (χ1) is 8.82. The highest BCUT2D eigenvalue weighted by atomic mass is 32.2. The number of nitrogens with one attached hydrogen (secondary N) is 1. The van der Waals surface area contributed by atoms with Gasteiger partial charge in [-0.25, -0.2) is 13.1 Å². The van der Waals surface area contributed by atoms with Crippen molar-refractivity contribution in [2.75, 3.05) is 27.4 Å². The second-order valence-corrected chi connectivity index (χ2v) is 6.14. The molecule has 1 unspecified atom stereocenters. The summed E-state index contributed by atoms with van der Waals surface area (Å²) in [6.07, 6.45) is 0. The van der Waals surface area contributed by atoms with E-state index in [1.165, 1.54) is 27.2 Å². The van der Waals surface area contributed by atoms with Crippen molar-refractivity contribution in [1.82, 2.24) is 4.72 Å². The Balaban J connectivity index is 2.87. The number of benzene rings is 1. The summed E-state index contributed by atoms with van der Waals surface area (Å²) in [7, 11) is -0.913. The summed E-state index contributed by atoms with van der Waals surface area (Å²) in [5.74, 6) is 0.251. The summed E-state index contributed by atoms with van der Waals surface area (Å²) >= 11 is 0. The maximum Gasteiger partial charge on any atom is 0.244 e. The molecule has 0 saturated heterocycles. The van der Waals surface area contributed by atoms with E-state index in [1.807, 2.05) is 0 Å². The predicted octanol–water partition coefficient (Wildman–Crippen LogP) is 0.371. The monoisotopic (exact) mass is 289 g/mol. The van der Waals surface area contributed by atoms with Gasteiger partial charge < -0.3 is 14.6 Å². The standard InChI is InChI=1S/C12H19NO5S/c1-12(14,9-17-2)8-13-19(15,16)11-7-5-4-6-10(11)18-3/h4-7,13-14H,8-9H2,1-3H3. The third-order valence-corrected chi connectivity index (χ3v) is 3.90. The number of rotatable bonds is 7. The van der Waals surface area contributed by atoms with E-state index < -0.39 is 15.6 Å². The average Bonchev–Trinajstić information content (AvgIpc) is 2.37. The minimum absolute atomic E-state index is 0.0292. The fraction of sp³-hybridized carbons (Fsp3) is 0.500. The Morgan fingerprint density at radius 3 is 2.53 bits per heavy atom. The molecule has 1 atom stereocenters. The van der Waals surface area contributed by atoms with E-state index in [4.69, 9.17) is 9.47 Å². The van der Waals surface area contributed by atoms with Crippen molar-refractivity contribution in [3.8, 4) is 5.75 Å². The molecule has 0 amide bonds. The molecular formula is C12H19NO5S. The molecule has 0 heterocycles. The lowest BCUT2D eigenvalue weighted by Gasteiger charge is -2.22. The molecule has 0 saturated carbocycles. The van der Waals surface area contributed by atoms with Crippen LogP contribution in [-0.2, 0) is 14.8 Å². The van der Waals surface area contributed by atoms with Gasteiger partial charge in [-0.1, -0.05) is 12.1 Å². The van der Waals surface area contributed by atoms with Crippen molar-refractivity contribution in [3.63, 3.8) is 0 Å². The lowest BCUT2D eigenvalue weighted by atomic mass is 10.1. The molecule has 1 rings (SSSR count). The maximum atomic E-state index is 12.1. The number of aliphatic hydroxyl groups is 1. The zero-order valence-electron chi connectivity index (χ0n) is 11.2. The minimum atomic E-state index is -3.75. The first-order valence-electron chi connectivity index (χ1n) is 5.66. The van der Waals surface area contributed by atoms with Gasteiger partial charge in [0.2, 0.25) is 10.0 Å². The summed E-state index contributed by atoms with van der Waals surface area (Å²) in [6, 6.07) is 6.28. The average molecular weight is 289 g/mol. The highest BCUT2D eigenvalue weighted by Gasteiger charge is 2.25. The lowest BCUT2D eigenvalue weighted by Crippen LogP contribution is -2.43. The second-order valence-electron chi connectivity index (χ2n) is 4.41. The SMILES string of the molecule is COCC(C)(O)CNS(=O)(=O)c1ccccc1OC. The maximum absolute atomic E-state index is 12.1. The van der Waals surface area contributed by atoms with Gasteiger partial charge >= 0.3 is 0 Å². The Morgan fingerprint density at radius 1 is 1.32 bits per heavy atom. The first-order valence-corrected chi connectivity index (χ1v) is 7.15. The Hall–Kier alpha value is -1.15. The Labute approximate surface area is 113 Å². The van der Waals surface area contributed by atoms with E-state index in [1.54, 1.807) is 18.2 Å². The van der Waals surface area contributed by atoms with E-state index in [0.29, 0.717) is 0 Å².